The molecule has 5 nitrogen and oxygen atoms in total. The first-order valence-electron chi connectivity index (χ1n) is 10.7. The molecule has 0 saturated carbocycles. The van der Waals surface area contributed by atoms with Gasteiger partial charge in [-0.1, -0.05) is 13.8 Å². The van der Waals surface area contributed by atoms with E-state index in [9.17, 15) is 22.4 Å². The van der Waals surface area contributed by atoms with E-state index in [0.29, 0.717) is 24.7 Å². The predicted molar refractivity (Wildman–Crippen MR) is 112 cm³/mol. The van der Waals surface area contributed by atoms with E-state index in [1.54, 1.807) is 29.8 Å². The molecule has 1 aliphatic heterocycles. The van der Waals surface area contributed by atoms with Gasteiger partial charge in [0.15, 0.2) is 23.1 Å². The number of imidazole rings is 1. The number of hydrogen-bond donors (Lipinski definition) is 0. The zero-order valence-electron chi connectivity index (χ0n) is 18.4. The molecule has 0 aliphatic carbocycles. The highest BCUT2D eigenvalue weighted by Gasteiger charge is 2.52. The van der Waals surface area contributed by atoms with Crippen LogP contribution in [0.15, 0.2) is 45.9 Å². The topological polar surface area (TPSA) is 51.4 Å². The van der Waals surface area contributed by atoms with Crippen LogP contribution in [-0.4, -0.2) is 9.38 Å². The fourth-order valence-corrected chi connectivity index (χ4v) is 5.17. The van der Waals surface area contributed by atoms with E-state index in [1.165, 1.54) is 16.7 Å². The van der Waals surface area contributed by atoms with Crippen LogP contribution in [0.25, 0.3) is 22.3 Å². The van der Waals surface area contributed by atoms with Crippen LogP contribution in [0.1, 0.15) is 43.6 Å². The molecule has 10 heteroatoms. The molecular weight excluding hydrogens is 457 g/mol. The van der Waals surface area contributed by atoms with Gasteiger partial charge < -0.3 is 4.42 Å². The molecule has 0 saturated heterocycles. The van der Waals surface area contributed by atoms with Crippen LogP contribution in [0.2, 0.25) is 0 Å². The third-order valence-corrected chi connectivity index (χ3v) is 6.74. The first kappa shape index (κ1) is 22.2. The lowest BCUT2D eigenvalue weighted by atomic mass is 9.74. The Morgan fingerprint density at radius 1 is 1.18 bits per heavy atom. The zero-order chi connectivity index (χ0) is 24.6. The van der Waals surface area contributed by atoms with Crippen molar-refractivity contribution in [1.29, 1.82) is 0 Å². The van der Waals surface area contributed by atoms with Crippen LogP contribution in [0.5, 0.6) is 0 Å². The lowest BCUT2D eigenvalue weighted by Crippen LogP contribution is -2.61. The Morgan fingerprint density at radius 2 is 1.88 bits per heavy atom. The van der Waals surface area contributed by atoms with Crippen molar-refractivity contribution in [3.8, 4) is 11.3 Å². The highest BCUT2D eigenvalue weighted by atomic mass is 19.4. The van der Waals surface area contributed by atoms with Gasteiger partial charge in [-0.15, -0.1) is 0 Å². The van der Waals surface area contributed by atoms with Gasteiger partial charge in [-0.05, 0) is 19.1 Å². The van der Waals surface area contributed by atoms with E-state index < -0.39 is 40.1 Å². The molecule has 0 bridgehead atoms. The number of hydrogen-bond acceptors (Lipinski definition) is 3. The maximum Gasteiger partial charge on any atom is 0.422 e. The lowest BCUT2D eigenvalue weighted by Gasteiger charge is -2.35. The number of alkyl halides is 3. The minimum atomic E-state index is -5.24. The number of nitrogens with zero attached hydrogens (tertiary/aromatic N) is 3. The summed E-state index contributed by atoms with van der Waals surface area (Å²) in [5.74, 6) is -3.06. The summed E-state index contributed by atoms with van der Waals surface area (Å²) in [5.41, 5.74) is -3.65. The number of aromatic nitrogens is 3. The van der Waals surface area contributed by atoms with E-state index in [-0.39, 0.29) is 27.9 Å². The molecule has 0 unspecified atom stereocenters. The molecule has 0 N–H and O–H groups in total. The molecule has 1 aliphatic rings. The number of rotatable bonds is 2. The maximum atomic E-state index is 15.6. The largest absolute Gasteiger partial charge is 0.422 e. The van der Waals surface area contributed by atoms with Crippen molar-refractivity contribution in [2.24, 2.45) is 0 Å². The zero-order valence-corrected chi connectivity index (χ0v) is 18.4. The van der Waals surface area contributed by atoms with Crippen molar-refractivity contribution in [2.45, 2.75) is 45.3 Å². The van der Waals surface area contributed by atoms with Crippen LogP contribution in [0.3, 0.4) is 0 Å². The number of pyridine rings is 1. The second-order valence-corrected chi connectivity index (χ2v) is 8.26. The summed E-state index contributed by atoms with van der Waals surface area (Å²) in [5, 5.41) is 0. The first-order chi connectivity index (χ1) is 16.1. The molecule has 0 spiro atoms. The Bertz CT molecular complexity index is 1580. The van der Waals surface area contributed by atoms with E-state index in [4.69, 9.17) is 4.42 Å². The summed E-state index contributed by atoms with van der Waals surface area (Å²) < 4.78 is 80.0. The van der Waals surface area contributed by atoms with Gasteiger partial charge in [0.05, 0.1) is 17.3 Å². The quantitative estimate of drug-likeness (QED) is 0.320. The van der Waals surface area contributed by atoms with Crippen molar-refractivity contribution in [3.63, 3.8) is 0 Å². The highest BCUT2D eigenvalue weighted by Crippen LogP contribution is 2.47. The molecule has 0 fully saturated rings. The van der Waals surface area contributed by atoms with Gasteiger partial charge >= 0.3 is 11.8 Å². The van der Waals surface area contributed by atoms with Gasteiger partial charge in [0.1, 0.15) is 17.2 Å². The van der Waals surface area contributed by atoms with Crippen LogP contribution in [-0.2, 0) is 11.7 Å². The maximum absolute atomic E-state index is 15.6. The Balaban J connectivity index is 2.11. The minimum absolute atomic E-state index is 0.0134. The summed E-state index contributed by atoms with van der Waals surface area (Å²) >= 11 is 0. The van der Waals surface area contributed by atoms with Gasteiger partial charge in [0.2, 0.25) is 11.2 Å². The third kappa shape index (κ3) is 2.74. The van der Waals surface area contributed by atoms with E-state index >= 15 is 4.39 Å². The predicted octanol–water partition coefficient (Wildman–Crippen LogP) is 4.29. The van der Waals surface area contributed by atoms with Crippen molar-refractivity contribution >= 4 is 11.1 Å². The van der Waals surface area contributed by atoms with Crippen molar-refractivity contribution < 1.29 is 30.9 Å². The molecule has 4 heterocycles. The van der Waals surface area contributed by atoms with Crippen molar-refractivity contribution in [3.05, 3.63) is 81.2 Å². The smallest absolute Gasteiger partial charge is 0.404 e. The second-order valence-electron chi connectivity index (χ2n) is 8.26. The molecule has 0 atom stereocenters. The first-order valence-corrected chi connectivity index (χ1v) is 10.7. The number of halogens is 5. The summed E-state index contributed by atoms with van der Waals surface area (Å²) in [4.78, 5) is 16.7. The van der Waals surface area contributed by atoms with Gasteiger partial charge in [-0.2, -0.15) is 17.7 Å². The number of oxazole rings is 1. The number of aryl methyl sites for hydroxylation is 1. The van der Waals surface area contributed by atoms with E-state index in [0.717, 1.165) is 0 Å². The molecule has 1 aromatic carbocycles. The molecule has 4 aromatic rings. The highest BCUT2D eigenvalue weighted by molar-refractivity contribution is 5.84. The molecule has 176 valence electrons. The Hall–Kier alpha value is -3.56. The SMILES string of the molecule is CCC1(CC)C(=c2oc(=O)c3cnc(C)n23)c2cc(F)c(C(F)(F)F)c(F)c2-c2cccc[n+]21. The Morgan fingerprint density at radius 3 is 2.53 bits per heavy atom. The summed E-state index contributed by atoms with van der Waals surface area (Å²) in [6.45, 7) is 5.34. The van der Waals surface area contributed by atoms with Crippen LogP contribution >= 0.6 is 0 Å². The molecular formula is C24H19F5N3O2+. The van der Waals surface area contributed by atoms with Gasteiger partial charge in [0.25, 0.3) is 0 Å². The monoisotopic (exact) mass is 476 g/mol. The molecule has 0 radical (unpaired) electrons. The Kier molecular flexibility index (Phi) is 4.72. The van der Waals surface area contributed by atoms with E-state index in [2.05, 4.69) is 4.98 Å². The van der Waals surface area contributed by atoms with Crippen LogP contribution < -0.4 is 15.7 Å². The summed E-state index contributed by atoms with van der Waals surface area (Å²) in [6.07, 6.45) is -1.49. The second kappa shape index (κ2) is 7.22. The molecule has 3 aromatic heterocycles. The van der Waals surface area contributed by atoms with Crippen molar-refractivity contribution in [1.82, 2.24) is 9.38 Å². The number of fused-ring (bicyclic) bond motifs is 4. The molecule has 5 rings (SSSR count). The third-order valence-electron chi connectivity index (χ3n) is 6.74. The van der Waals surface area contributed by atoms with Gasteiger partial charge in [0, 0.05) is 30.5 Å². The average Bonchev–Trinajstić information content (AvgIpc) is 3.32. The number of benzene rings is 1. The summed E-state index contributed by atoms with van der Waals surface area (Å²) in [6, 6.07) is 5.44. The van der Waals surface area contributed by atoms with Gasteiger partial charge in [-0.3, -0.25) is 4.40 Å². The summed E-state index contributed by atoms with van der Waals surface area (Å²) in [7, 11) is 0. The van der Waals surface area contributed by atoms with Gasteiger partial charge in [-0.25, -0.2) is 18.6 Å². The fraction of sp³-hybridized carbons (Fsp3) is 0.292. The molecule has 34 heavy (non-hydrogen) atoms. The fourth-order valence-electron chi connectivity index (χ4n) is 5.17. The lowest BCUT2D eigenvalue weighted by molar-refractivity contribution is -0.741. The van der Waals surface area contributed by atoms with Crippen LogP contribution in [0.4, 0.5) is 22.0 Å². The normalized spacial score (nSPS) is 16.6. The minimum Gasteiger partial charge on any atom is -0.404 e. The Labute approximate surface area is 189 Å². The average molecular weight is 476 g/mol. The van der Waals surface area contributed by atoms with E-state index in [1.807, 2.05) is 13.8 Å². The molecule has 0 amide bonds. The van der Waals surface area contributed by atoms with Crippen molar-refractivity contribution in [2.75, 3.05) is 0 Å². The standard InChI is InChI=1S/C24H19F5N3O2/c1-4-23(5-2)18(21-32-12(3)30-11-16(32)22(33)34-21)13-10-14(25)19(24(27,28)29)20(26)17(13)15-8-6-7-9-31(15)23/h6-11H,4-5H2,1-3H3/q+1. The van der Waals surface area contributed by atoms with Crippen LogP contribution in [0, 0.1) is 18.6 Å².